The number of fused-ring (bicyclic) bond motifs is 1. The molecule has 0 bridgehead atoms. The Morgan fingerprint density at radius 2 is 1.91 bits per heavy atom. The number of ether oxygens (including phenoxy) is 3. The molecule has 1 aliphatic heterocycles. The van der Waals surface area contributed by atoms with E-state index >= 15 is 0 Å². The number of hydrogen-bond acceptors (Lipinski definition) is 7. The third-order valence-corrected chi connectivity index (χ3v) is 5.75. The van der Waals surface area contributed by atoms with Gasteiger partial charge in [-0.2, -0.15) is 0 Å². The van der Waals surface area contributed by atoms with Crippen LogP contribution in [-0.2, 0) is 15.4 Å². The Balaban J connectivity index is 1.55. The molecule has 0 amide bonds. The van der Waals surface area contributed by atoms with E-state index in [4.69, 9.17) is 14.2 Å². The zero-order valence-corrected chi connectivity index (χ0v) is 18.8. The molecule has 9 heteroatoms. The highest BCUT2D eigenvalue weighted by atomic mass is 32.2. The summed E-state index contributed by atoms with van der Waals surface area (Å²) in [5.74, 6) is 1.33. The van der Waals surface area contributed by atoms with Gasteiger partial charge in [0.2, 0.25) is 0 Å². The molecular formula is C23H25FN4O3S. The fourth-order valence-corrected chi connectivity index (χ4v) is 4.09. The number of halogens is 1. The first kappa shape index (κ1) is 21.1. The van der Waals surface area contributed by atoms with E-state index in [-0.39, 0.29) is 28.7 Å². The van der Waals surface area contributed by atoms with Gasteiger partial charge in [0.25, 0.3) is 0 Å². The summed E-state index contributed by atoms with van der Waals surface area (Å²) in [6.45, 7) is 1.14. The van der Waals surface area contributed by atoms with Gasteiger partial charge in [-0.3, -0.25) is 0 Å². The third kappa shape index (κ3) is 4.83. The van der Waals surface area contributed by atoms with Gasteiger partial charge in [-0.15, -0.1) is 10.7 Å². The molecule has 168 valence electrons. The molecule has 1 aliphatic carbocycles. The minimum absolute atomic E-state index is 0.103. The van der Waals surface area contributed by atoms with E-state index in [0.29, 0.717) is 36.2 Å². The number of anilines is 2. The smallest absolute Gasteiger partial charge is 0.146 e. The standard InChI is InChI=1S/C23H25FN4O3S/c1-32(2)28-15-10-19-22(21(11-15)30-16-4-5-16)23(26-13-25-19)27-18-6-3-14(24)9-20(18)31-17-7-8-29-12-17/h3,6,9-11,13,16-17H,4-5,7-8,12H2,1-2H3,(H,25,26,27)/t17-/m0/s1. The molecule has 5 rings (SSSR count). The summed E-state index contributed by atoms with van der Waals surface area (Å²) in [6.07, 6.45) is 8.56. The molecule has 1 saturated carbocycles. The lowest BCUT2D eigenvalue weighted by atomic mass is 10.1. The third-order valence-electron chi connectivity index (χ3n) is 5.17. The van der Waals surface area contributed by atoms with Crippen LogP contribution in [0.3, 0.4) is 0 Å². The predicted octanol–water partition coefficient (Wildman–Crippen LogP) is 4.91. The van der Waals surface area contributed by atoms with E-state index in [0.717, 1.165) is 35.9 Å². The Labute approximate surface area is 188 Å². The topological polar surface area (TPSA) is 77.9 Å². The van der Waals surface area contributed by atoms with Gasteiger partial charge in [0, 0.05) is 18.6 Å². The Morgan fingerprint density at radius 3 is 2.66 bits per heavy atom. The summed E-state index contributed by atoms with van der Waals surface area (Å²) in [5, 5.41) is 4.09. The summed E-state index contributed by atoms with van der Waals surface area (Å²) >= 11 is 0. The maximum atomic E-state index is 14.0. The summed E-state index contributed by atoms with van der Waals surface area (Å²) < 4.78 is 36.3. The molecule has 2 heterocycles. The number of nitrogens with zero attached hydrogens (tertiary/aromatic N) is 3. The minimum Gasteiger partial charge on any atom is -0.489 e. The molecule has 7 nitrogen and oxygen atoms in total. The molecule has 1 N–H and O–H groups in total. The molecule has 1 saturated heterocycles. The SMILES string of the molecule is CS(C)=Nc1cc(OC2CC2)c2c(Nc3ccc(F)cc3O[C@H]3CCOC3)ncnc2c1. The fourth-order valence-electron chi connectivity index (χ4n) is 3.57. The highest BCUT2D eigenvalue weighted by molar-refractivity contribution is 7.85. The van der Waals surface area contributed by atoms with Gasteiger partial charge in [-0.25, -0.2) is 18.7 Å². The first-order valence-corrected chi connectivity index (χ1v) is 12.6. The van der Waals surface area contributed by atoms with Gasteiger partial charge in [-0.1, -0.05) is 0 Å². The first-order valence-electron chi connectivity index (χ1n) is 10.6. The normalized spacial score (nSPS) is 18.2. The highest BCUT2D eigenvalue weighted by Gasteiger charge is 2.26. The average Bonchev–Trinajstić information content (AvgIpc) is 3.41. The van der Waals surface area contributed by atoms with Gasteiger partial charge in [0.15, 0.2) is 0 Å². The van der Waals surface area contributed by atoms with Crippen molar-refractivity contribution in [2.75, 3.05) is 31.0 Å². The molecule has 2 aliphatic rings. The van der Waals surface area contributed by atoms with Crippen molar-refractivity contribution in [3.8, 4) is 11.5 Å². The summed E-state index contributed by atoms with van der Waals surface area (Å²) in [7, 11) is -0.112. The van der Waals surface area contributed by atoms with Crippen LogP contribution in [-0.4, -0.2) is 47.9 Å². The molecule has 2 aromatic carbocycles. The largest absolute Gasteiger partial charge is 0.489 e. The lowest BCUT2D eigenvalue weighted by Gasteiger charge is -2.18. The Hall–Kier alpha value is -2.78. The molecule has 2 fully saturated rings. The van der Waals surface area contributed by atoms with Gasteiger partial charge < -0.3 is 19.5 Å². The van der Waals surface area contributed by atoms with Crippen molar-refractivity contribution in [2.24, 2.45) is 4.36 Å². The van der Waals surface area contributed by atoms with E-state index in [1.807, 2.05) is 12.1 Å². The predicted molar refractivity (Wildman–Crippen MR) is 124 cm³/mol. The van der Waals surface area contributed by atoms with Crippen molar-refractivity contribution in [3.05, 3.63) is 42.5 Å². The number of benzene rings is 2. The van der Waals surface area contributed by atoms with Crippen LogP contribution < -0.4 is 14.8 Å². The lowest BCUT2D eigenvalue weighted by molar-refractivity contribution is 0.141. The monoisotopic (exact) mass is 456 g/mol. The quantitative estimate of drug-likeness (QED) is 0.544. The maximum absolute atomic E-state index is 14.0. The second kappa shape index (κ2) is 8.99. The van der Waals surface area contributed by atoms with Crippen LogP contribution in [0.4, 0.5) is 21.6 Å². The highest BCUT2D eigenvalue weighted by Crippen LogP contribution is 2.40. The maximum Gasteiger partial charge on any atom is 0.146 e. The van der Waals surface area contributed by atoms with Crippen molar-refractivity contribution in [2.45, 2.75) is 31.5 Å². The molecule has 0 radical (unpaired) electrons. The number of nitrogens with one attached hydrogen (secondary N) is 1. The fraction of sp³-hybridized carbons (Fsp3) is 0.391. The van der Waals surface area contributed by atoms with E-state index in [2.05, 4.69) is 32.2 Å². The van der Waals surface area contributed by atoms with E-state index in [1.165, 1.54) is 18.5 Å². The van der Waals surface area contributed by atoms with Crippen LogP contribution in [0.5, 0.6) is 11.5 Å². The second-order valence-electron chi connectivity index (χ2n) is 8.11. The molecular weight excluding hydrogens is 431 g/mol. The second-order valence-corrected chi connectivity index (χ2v) is 9.84. The van der Waals surface area contributed by atoms with Gasteiger partial charge in [0.05, 0.1) is 41.6 Å². The molecule has 32 heavy (non-hydrogen) atoms. The van der Waals surface area contributed by atoms with Gasteiger partial charge >= 0.3 is 0 Å². The van der Waals surface area contributed by atoms with Crippen molar-refractivity contribution in [3.63, 3.8) is 0 Å². The zero-order valence-electron chi connectivity index (χ0n) is 18.0. The van der Waals surface area contributed by atoms with Crippen LogP contribution in [0.25, 0.3) is 10.9 Å². The Kier molecular flexibility index (Phi) is 5.93. The van der Waals surface area contributed by atoms with Gasteiger partial charge in [0.1, 0.15) is 35.6 Å². The van der Waals surface area contributed by atoms with E-state index < -0.39 is 0 Å². The van der Waals surface area contributed by atoms with Crippen LogP contribution in [0.1, 0.15) is 19.3 Å². The zero-order chi connectivity index (χ0) is 22.1. The van der Waals surface area contributed by atoms with Crippen molar-refractivity contribution in [1.82, 2.24) is 9.97 Å². The van der Waals surface area contributed by atoms with E-state index in [1.54, 1.807) is 6.07 Å². The number of hydrogen-bond donors (Lipinski definition) is 1. The summed E-state index contributed by atoms with van der Waals surface area (Å²) in [6, 6.07) is 8.31. The lowest BCUT2D eigenvalue weighted by Crippen LogP contribution is -2.16. The summed E-state index contributed by atoms with van der Waals surface area (Å²) in [5.41, 5.74) is 2.19. The average molecular weight is 457 g/mol. The Morgan fingerprint density at radius 1 is 1.06 bits per heavy atom. The van der Waals surface area contributed by atoms with Crippen LogP contribution in [0.2, 0.25) is 0 Å². The molecule has 0 spiro atoms. The van der Waals surface area contributed by atoms with Crippen LogP contribution in [0.15, 0.2) is 41.0 Å². The summed E-state index contributed by atoms with van der Waals surface area (Å²) in [4.78, 5) is 8.94. The molecule has 0 unspecified atom stereocenters. The van der Waals surface area contributed by atoms with Crippen molar-refractivity contribution in [1.29, 1.82) is 0 Å². The first-order chi connectivity index (χ1) is 15.5. The number of aromatic nitrogens is 2. The number of rotatable bonds is 7. The minimum atomic E-state index is -0.365. The molecule has 1 aromatic heterocycles. The van der Waals surface area contributed by atoms with E-state index in [9.17, 15) is 4.39 Å². The molecule has 1 atom stereocenters. The van der Waals surface area contributed by atoms with Gasteiger partial charge in [-0.05, 0) is 43.6 Å². The van der Waals surface area contributed by atoms with Crippen LogP contribution >= 0.6 is 0 Å². The molecule has 3 aromatic rings. The van der Waals surface area contributed by atoms with Crippen molar-refractivity contribution >= 4 is 38.8 Å². The van der Waals surface area contributed by atoms with Crippen LogP contribution in [0, 0.1) is 5.82 Å². The van der Waals surface area contributed by atoms with Crippen molar-refractivity contribution < 1.29 is 18.6 Å². The Bertz CT molecular complexity index is 1180.